The predicted octanol–water partition coefficient (Wildman–Crippen LogP) is 4.68. The van der Waals surface area contributed by atoms with Gasteiger partial charge in [-0.1, -0.05) is 4.90 Å². The molecular formula is C6H3F15NO2P. The van der Waals surface area contributed by atoms with Crippen LogP contribution in [0.15, 0.2) is 0 Å². The van der Waals surface area contributed by atoms with E-state index in [1.54, 1.807) is 0 Å². The molecule has 0 spiro atoms. The van der Waals surface area contributed by atoms with Gasteiger partial charge in [-0.2, -0.15) is 67.0 Å². The molecule has 0 heterocycles. The van der Waals surface area contributed by atoms with Gasteiger partial charge in [-0.25, -0.2) is 0 Å². The number of halogens is 15. The molecule has 0 rings (SSSR count). The van der Waals surface area contributed by atoms with Crippen molar-refractivity contribution in [2.75, 3.05) is 0 Å². The molecule has 1 unspecified atom stereocenters. The molecule has 0 N–H and O–H groups in total. The van der Waals surface area contributed by atoms with E-state index < -0.39 is 41.4 Å². The molecule has 0 saturated carbocycles. The molecule has 25 heavy (non-hydrogen) atoms. The average molecular weight is 437 g/mol. The highest BCUT2D eigenvalue weighted by Gasteiger charge is 2.85. The fourth-order valence-electron chi connectivity index (χ4n) is 1.01. The zero-order valence-electron chi connectivity index (χ0n) is 10.6. The van der Waals surface area contributed by atoms with E-state index >= 15 is 0 Å². The van der Waals surface area contributed by atoms with Crippen LogP contribution < -0.4 is 0 Å². The first-order chi connectivity index (χ1) is 10.2. The van der Waals surface area contributed by atoms with E-state index in [9.17, 15) is 66.1 Å². The molecule has 0 bridgehead atoms. The van der Waals surface area contributed by atoms with E-state index in [-0.39, 0.29) is 9.90 Å². The minimum Gasteiger partial charge on any atom is -0.178 e. The number of alkyl halides is 13. The zero-order chi connectivity index (χ0) is 20.0. The van der Waals surface area contributed by atoms with E-state index in [0.717, 1.165) is 9.88 Å². The maximum Gasteiger partial charge on any atom is 0.469 e. The maximum atomic E-state index is 12.9. The summed E-state index contributed by atoms with van der Waals surface area (Å²) in [7, 11) is 0. The number of rotatable bonds is 7. The monoisotopic (exact) mass is 437 g/mol. The second kappa shape index (κ2) is 7.11. The molecule has 0 aromatic heterocycles. The van der Waals surface area contributed by atoms with Crippen molar-refractivity contribution in [1.29, 1.82) is 0 Å². The Kier molecular flexibility index (Phi) is 7.53. The standard InChI is InChI=1S/C6F15NO2.H3P/c7-1(8,9)2(10,11)22(3(12,13)5(16,17)23-20)4(14,15)6(18,19)24-21;/h;1H3. The third kappa shape index (κ3) is 4.16. The molecule has 0 aliphatic carbocycles. The zero-order valence-corrected chi connectivity index (χ0v) is 12.1. The largest absolute Gasteiger partial charge is 0.469 e. The molecule has 0 aliphatic heterocycles. The van der Waals surface area contributed by atoms with Crippen LogP contribution in [-0.2, 0) is 9.88 Å². The number of hydrogen-bond donors (Lipinski definition) is 0. The minimum absolute atomic E-state index is 0. The van der Waals surface area contributed by atoms with Gasteiger partial charge in [0.25, 0.3) is 0 Å². The van der Waals surface area contributed by atoms with Crippen LogP contribution in [-0.4, -0.2) is 41.4 Å². The average Bonchev–Trinajstić information content (AvgIpc) is 2.35. The molecule has 0 aromatic rings. The summed E-state index contributed by atoms with van der Waals surface area (Å²) in [5, 5.41) is 0. The first-order valence-electron chi connectivity index (χ1n) is 4.59. The van der Waals surface area contributed by atoms with Crippen LogP contribution in [0.1, 0.15) is 0 Å². The van der Waals surface area contributed by atoms with Crippen molar-refractivity contribution < 1.29 is 76.0 Å². The van der Waals surface area contributed by atoms with Crippen molar-refractivity contribution in [3.8, 4) is 0 Å². The van der Waals surface area contributed by atoms with E-state index in [1.807, 2.05) is 0 Å². The van der Waals surface area contributed by atoms with Crippen molar-refractivity contribution in [2.45, 2.75) is 36.5 Å². The molecule has 0 amide bonds. The van der Waals surface area contributed by atoms with E-state index in [0.29, 0.717) is 0 Å². The molecule has 0 aliphatic rings. The second-order valence-corrected chi connectivity index (χ2v) is 3.64. The molecule has 0 aromatic carbocycles. The van der Waals surface area contributed by atoms with Gasteiger partial charge >= 0.3 is 36.5 Å². The fraction of sp³-hybridized carbons (Fsp3) is 1.00. The Balaban J connectivity index is 0. The van der Waals surface area contributed by atoms with Crippen LogP contribution in [0.25, 0.3) is 0 Å². The Morgan fingerprint density at radius 1 is 0.480 bits per heavy atom. The summed E-state index contributed by atoms with van der Waals surface area (Å²) in [6, 6.07) is -23.5. The van der Waals surface area contributed by atoms with Crippen LogP contribution in [0, 0.1) is 0 Å². The Bertz CT molecular complexity index is 422. The lowest BCUT2D eigenvalue weighted by atomic mass is 10.3. The molecule has 3 nitrogen and oxygen atoms in total. The Morgan fingerprint density at radius 2 is 0.720 bits per heavy atom. The lowest BCUT2D eigenvalue weighted by Gasteiger charge is -2.43. The summed E-state index contributed by atoms with van der Waals surface area (Å²) < 4.78 is 185. The quantitative estimate of drug-likeness (QED) is 0.328. The normalized spacial score (nSPS) is 15.4. The molecule has 154 valence electrons. The first-order valence-corrected chi connectivity index (χ1v) is 4.59. The highest BCUT2D eigenvalue weighted by atomic mass is 31.0. The van der Waals surface area contributed by atoms with E-state index in [4.69, 9.17) is 0 Å². The lowest BCUT2D eigenvalue weighted by molar-refractivity contribution is -0.553. The Labute approximate surface area is 129 Å². The SMILES string of the molecule is FOC(F)(F)C(F)(F)N(C(F)(F)C(F)(F)F)C(F)(F)C(F)(F)OF.P. The predicted molar refractivity (Wildman–Crippen MR) is 48.1 cm³/mol. The smallest absolute Gasteiger partial charge is 0.178 e. The van der Waals surface area contributed by atoms with Gasteiger partial charge in [-0.05, 0) is 9.05 Å². The summed E-state index contributed by atoms with van der Waals surface area (Å²) in [5.41, 5.74) is 0. The van der Waals surface area contributed by atoms with Gasteiger partial charge in [0.15, 0.2) is 0 Å². The van der Waals surface area contributed by atoms with Gasteiger partial charge in [0.1, 0.15) is 0 Å². The van der Waals surface area contributed by atoms with Crippen LogP contribution in [0.3, 0.4) is 0 Å². The van der Waals surface area contributed by atoms with Gasteiger partial charge in [0.05, 0.1) is 0 Å². The summed E-state index contributed by atoms with van der Waals surface area (Å²) in [5.74, 6) is 0. The van der Waals surface area contributed by atoms with Crippen molar-refractivity contribution in [2.24, 2.45) is 0 Å². The van der Waals surface area contributed by atoms with Crippen molar-refractivity contribution >= 4 is 9.90 Å². The molecule has 0 fully saturated rings. The van der Waals surface area contributed by atoms with Crippen molar-refractivity contribution in [1.82, 2.24) is 4.90 Å². The van der Waals surface area contributed by atoms with Crippen molar-refractivity contribution in [3.05, 3.63) is 0 Å². The van der Waals surface area contributed by atoms with Crippen LogP contribution in [0.2, 0.25) is 0 Å². The van der Waals surface area contributed by atoms with Gasteiger partial charge < -0.3 is 0 Å². The number of nitrogens with zero attached hydrogens (tertiary/aromatic N) is 1. The molecule has 19 heteroatoms. The van der Waals surface area contributed by atoms with E-state index in [1.165, 1.54) is 0 Å². The summed E-state index contributed by atoms with van der Waals surface area (Å²) in [6.45, 7) is 0. The van der Waals surface area contributed by atoms with Crippen LogP contribution >= 0.6 is 9.90 Å². The molecule has 1 atom stereocenters. The number of hydrogen-bond acceptors (Lipinski definition) is 3. The lowest BCUT2D eigenvalue weighted by Crippen LogP contribution is -2.74. The first kappa shape index (κ1) is 26.5. The van der Waals surface area contributed by atoms with E-state index in [2.05, 4.69) is 0 Å². The topological polar surface area (TPSA) is 21.7 Å². The van der Waals surface area contributed by atoms with Crippen LogP contribution in [0.5, 0.6) is 0 Å². The summed E-state index contributed by atoms with van der Waals surface area (Å²) in [6.07, 6.45) is -22.1. The molecule has 0 radical (unpaired) electrons. The van der Waals surface area contributed by atoms with Gasteiger partial charge in [-0.15, -0.1) is 9.88 Å². The molecule has 0 saturated heterocycles. The van der Waals surface area contributed by atoms with Gasteiger partial charge in [-0.3, -0.25) is 0 Å². The maximum absolute atomic E-state index is 12.9. The van der Waals surface area contributed by atoms with Gasteiger partial charge in [0.2, 0.25) is 0 Å². The highest BCUT2D eigenvalue weighted by molar-refractivity contribution is 6.92. The highest BCUT2D eigenvalue weighted by Crippen LogP contribution is 2.56. The van der Waals surface area contributed by atoms with Gasteiger partial charge in [0, 0.05) is 0 Å². The third-order valence-corrected chi connectivity index (χ3v) is 2.08. The van der Waals surface area contributed by atoms with Crippen LogP contribution in [0.4, 0.5) is 66.1 Å². The Hall–Kier alpha value is -0.740. The van der Waals surface area contributed by atoms with Crippen molar-refractivity contribution in [3.63, 3.8) is 0 Å². The summed E-state index contributed by atoms with van der Waals surface area (Å²) in [4.78, 5) is -2.49. The summed E-state index contributed by atoms with van der Waals surface area (Å²) >= 11 is 0. The minimum atomic E-state index is -7.88. The fourth-order valence-corrected chi connectivity index (χ4v) is 1.01. The second-order valence-electron chi connectivity index (χ2n) is 3.64. The Morgan fingerprint density at radius 3 is 0.880 bits per heavy atom. The third-order valence-electron chi connectivity index (χ3n) is 2.08. The molecular weight excluding hydrogens is 434 g/mol.